The Hall–Kier alpha value is -2.69. The number of allylic oxidation sites excluding steroid dienone is 5. The summed E-state index contributed by atoms with van der Waals surface area (Å²) in [5.74, 6) is -0.394. The molecular formula is C14H13N3O2. The maximum Gasteiger partial charge on any atom is 0.269 e. The number of hydrogen-bond donors (Lipinski definition) is 2. The number of pyridine rings is 1. The second kappa shape index (κ2) is 5.77. The molecule has 0 unspecified atom stereocenters. The first-order chi connectivity index (χ1) is 9.16. The van der Waals surface area contributed by atoms with E-state index >= 15 is 0 Å². The van der Waals surface area contributed by atoms with E-state index < -0.39 is 0 Å². The van der Waals surface area contributed by atoms with Gasteiger partial charge in [-0.25, -0.2) is 0 Å². The molecule has 5 heteroatoms. The van der Waals surface area contributed by atoms with E-state index in [-0.39, 0.29) is 11.7 Å². The minimum atomic E-state index is -0.293. The molecule has 0 spiro atoms. The van der Waals surface area contributed by atoms with Crippen LogP contribution in [0.1, 0.15) is 17.3 Å². The van der Waals surface area contributed by atoms with Gasteiger partial charge in [-0.2, -0.15) is 0 Å². The first-order valence-electron chi connectivity index (χ1n) is 5.73. The van der Waals surface area contributed by atoms with Gasteiger partial charge in [0.25, 0.3) is 5.91 Å². The monoisotopic (exact) mass is 255 g/mol. The first-order valence-corrected chi connectivity index (χ1v) is 5.73. The highest BCUT2D eigenvalue weighted by atomic mass is 16.2. The van der Waals surface area contributed by atoms with Gasteiger partial charge in [-0.3, -0.25) is 20.0 Å². The van der Waals surface area contributed by atoms with Crippen LogP contribution in [-0.4, -0.2) is 16.7 Å². The molecule has 1 aliphatic carbocycles. The Labute approximate surface area is 110 Å². The Morgan fingerprint density at radius 2 is 2.00 bits per heavy atom. The minimum Gasteiger partial charge on any atom is -0.305 e. The largest absolute Gasteiger partial charge is 0.305 e. The van der Waals surface area contributed by atoms with Gasteiger partial charge in [-0.15, -0.1) is 0 Å². The predicted molar refractivity (Wildman–Crippen MR) is 70.8 cm³/mol. The number of amides is 1. The third-order valence-electron chi connectivity index (χ3n) is 2.52. The molecule has 1 amide bonds. The number of nitrogens with one attached hydrogen (secondary N) is 2. The molecular weight excluding hydrogens is 242 g/mol. The van der Waals surface area contributed by atoms with E-state index in [1.165, 1.54) is 24.7 Å². The van der Waals surface area contributed by atoms with Crippen molar-refractivity contribution in [2.24, 2.45) is 0 Å². The lowest BCUT2D eigenvalue weighted by Gasteiger charge is -2.07. The summed E-state index contributed by atoms with van der Waals surface area (Å²) in [5.41, 5.74) is 7.07. The average molecular weight is 255 g/mol. The fraction of sp³-hybridized carbons (Fsp3) is 0.0714. The lowest BCUT2D eigenvalue weighted by Crippen LogP contribution is -2.34. The predicted octanol–water partition coefficient (Wildman–Crippen LogP) is 1.29. The molecule has 0 saturated carbocycles. The fourth-order valence-corrected chi connectivity index (χ4v) is 1.54. The molecule has 96 valence electrons. The van der Waals surface area contributed by atoms with Gasteiger partial charge in [0, 0.05) is 29.7 Å². The smallest absolute Gasteiger partial charge is 0.269 e. The van der Waals surface area contributed by atoms with Crippen molar-refractivity contribution in [3.8, 4) is 0 Å². The molecule has 2 N–H and O–H groups in total. The number of carbonyl (C=O) groups is 2. The highest BCUT2D eigenvalue weighted by Crippen LogP contribution is 2.11. The standard InChI is InChI=1S/C14H13N3O2/c1-10-2-3-13(18)12(8-10)9-16-17-14(19)11-4-6-15-7-5-11/h2-9,16H,1H3,(H,17,19). The SMILES string of the molecule is CC1=CC(=CNNC(=O)c2ccncc2)C(=O)C=C1. The molecule has 0 aromatic carbocycles. The van der Waals surface area contributed by atoms with Gasteiger partial charge in [0.05, 0.1) is 0 Å². The third-order valence-corrected chi connectivity index (χ3v) is 2.52. The van der Waals surface area contributed by atoms with Crippen LogP contribution < -0.4 is 10.9 Å². The van der Waals surface area contributed by atoms with Crippen LogP contribution in [0.15, 0.2) is 60.1 Å². The van der Waals surface area contributed by atoms with Crippen molar-refractivity contribution >= 4 is 11.7 Å². The number of ketones is 1. The summed E-state index contributed by atoms with van der Waals surface area (Å²) < 4.78 is 0. The Morgan fingerprint density at radius 1 is 1.26 bits per heavy atom. The van der Waals surface area contributed by atoms with Crippen molar-refractivity contribution in [1.82, 2.24) is 15.8 Å². The molecule has 1 aromatic rings. The molecule has 19 heavy (non-hydrogen) atoms. The van der Waals surface area contributed by atoms with Gasteiger partial charge < -0.3 is 5.43 Å². The minimum absolute atomic E-state index is 0.101. The molecule has 1 aliphatic rings. The molecule has 1 heterocycles. The summed E-state index contributed by atoms with van der Waals surface area (Å²) in [6, 6.07) is 3.20. The van der Waals surface area contributed by atoms with E-state index in [9.17, 15) is 9.59 Å². The number of aromatic nitrogens is 1. The summed E-state index contributed by atoms with van der Waals surface area (Å²) in [7, 11) is 0. The first kappa shape index (κ1) is 12.8. The van der Waals surface area contributed by atoms with Crippen molar-refractivity contribution in [1.29, 1.82) is 0 Å². The van der Waals surface area contributed by atoms with Gasteiger partial charge in [-0.1, -0.05) is 11.6 Å². The lowest BCUT2D eigenvalue weighted by atomic mass is 10.0. The fourth-order valence-electron chi connectivity index (χ4n) is 1.54. The van der Waals surface area contributed by atoms with Crippen molar-refractivity contribution in [2.75, 3.05) is 0 Å². The van der Waals surface area contributed by atoms with Crippen LogP contribution in [0.4, 0.5) is 0 Å². The zero-order valence-electron chi connectivity index (χ0n) is 10.4. The van der Waals surface area contributed by atoms with Crippen LogP contribution >= 0.6 is 0 Å². The van der Waals surface area contributed by atoms with E-state index in [2.05, 4.69) is 15.8 Å². The number of hydrazine groups is 1. The number of rotatable bonds is 3. The summed E-state index contributed by atoms with van der Waals surface area (Å²) in [6.07, 6.45) is 9.52. The van der Waals surface area contributed by atoms with Crippen LogP contribution in [0, 0.1) is 0 Å². The van der Waals surface area contributed by atoms with Gasteiger partial charge in [-0.05, 0) is 31.2 Å². The molecule has 1 aromatic heterocycles. The van der Waals surface area contributed by atoms with Gasteiger partial charge in [0.15, 0.2) is 5.78 Å². The van der Waals surface area contributed by atoms with E-state index in [1.54, 1.807) is 24.3 Å². The van der Waals surface area contributed by atoms with E-state index in [0.717, 1.165) is 5.57 Å². The molecule has 5 nitrogen and oxygen atoms in total. The van der Waals surface area contributed by atoms with Gasteiger partial charge in [0.1, 0.15) is 0 Å². The zero-order chi connectivity index (χ0) is 13.7. The van der Waals surface area contributed by atoms with Crippen molar-refractivity contribution in [3.63, 3.8) is 0 Å². The van der Waals surface area contributed by atoms with E-state index in [4.69, 9.17) is 0 Å². The number of carbonyl (C=O) groups excluding carboxylic acids is 2. The van der Waals surface area contributed by atoms with E-state index in [0.29, 0.717) is 11.1 Å². The molecule has 0 bridgehead atoms. The number of nitrogens with zero attached hydrogens (tertiary/aromatic N) is 1. The zero-order valence-corrected chi connectivity index (χ0v) is 10.4. The van der Waals surface area contributed by atoms with Crippen molar-refractivity contribution in [2.45, 2.75) is 6.92 Å². The Balaban J connectivity index is 1.95. The molecule has 0 fully saturated rings. The summed E-state index contributed by atoms with van der Waals surface area (Å²) in [6.45, 7) is 1.90. The maximum absolute atomic E-state index is 11.7. The molecule has 2 rings (SSSR count). The van der Waals surface area contributed by atoms with Crippen LogP contribution in [0.25, 0.3) is 0 Å². The lowest BCUT2D eigenvalue weighted by molar-refractivity contribution is -0.111. The second-order valence-electron chi connectivity index (χ2n) is 4.02. The van der Waals surface area contributed by atoms with Gasteiger partial charge in [0.2, 0.25) is 0 Å². The van der Waals surface area contributed by atoms with Crippen LogP contribution in [-0.2, 0) is 4.79 Å². The highest BCUT2D eigenvalue weighted by Gasteiger charge is 2.08. The average Bonchev–Trinajstić information content (AvgIpc) is 2.43. The maximum atomic E-state index is 11.7. The van der Waals surface area contributed by atoms with Crippen molar-refractivity contribution in [3.05, 3.63) is 65.7 Å². The Bertz CT molecular complexity index is 586. The van der Waals surface area contributed by atoms with Crippen LogP contribution in [0.5, 0.6) is 0 Å². The normalized spacial score (nSPS) is 16.2. The summed E-state index contributed by atoms with van der Waals surface area (Å²) in [5, 5.41) is 0. The Morgan fingerprint density at radius 3 is 2.74 bits per heavy atom. The molecule has 0 saturated heterocycles. The quantitative estimate of drug-likeness (QED) is 0.630. The topological polar surface area (TPSA) is 71.1 Å². The summed E-state index contributed by atoms with van der Waals surface area (Å²) in [4.78, 5) is 27.0. The second-order valence-corrected chi connectivity index (χ2v) is 4.02. The van der Waals surface area contributed by atoms with Crippen LogP contribution in [0.2, 0.25) is 0 Å². The Kier molecular flexibility index (Phi) is 3.87. The molecule has 0 radical (unpaired) electrons. The van der Waals surface area contributed by atoms with Crippen molar-refractivity contribution < 1.29 is 9.59 Å². The highest BCUT2D eigenvalue weighted by molar-refractivity contribution is 6.07. The molecule has 0 aliphatic heterocycles. The van der Waals surface area contributed by atoms with Gasteiger partial charge >= 0.3 is 0 Å². The summed E-state index contributed by atoms with van der Waals surface area (Å²) >= 11 is 0. The number of hydrogen-bond acceptors (Lipinski definition) is 4. The third kappa shape index (κ3) is 3.38. The molecule has 0 atom stereocenters. The van der Waals surface area contributed by atoms with Crippen LogP contribution in [0.3, 0.4) is 0 Å². The van der Waals surface area contributed by atoms with E-state index in [1.807, 2.05) is 6.92 Å².